The second kappa shape index (κ2) is 7.85. The maximum absolute atomic E-state index is 12.9. The number of nitrogens with zero attached hydrogens (tertiary/aromatic N) is 6. The average molecular weight is 382 g/mol. The fraction of sp³-hybridized carbons (Fsp3) is 0.688. The van der Waals surface area contributed by atoms with E-state index < -0.39 is 10.2 Å². The molecule has 0 unspecified atom stereocenters. The van der Waals surface area contributed by atoms with E-state index in [1.54, 1.807) is 23.4 Å². The Balaban J connectivity index is 1.58. The Morgan fingerprint density at radius 2 is 1.77 bits per heavy atom. The zero-order valence-electron chi connectivity index (χ0n) is 15.3. The molecule has 0 spiro atoms. The van der Waals surface area contributed by atoms with Crippen LogP contribution in [-0.2, 0) is 15.0 Å². The van der Waals surface area contributed by atoms with Gasteiger partial charge in [-0.1, -0.05) is 0 Å². The minimum atomic E-state index is -3.41. The predicted octanol–water partition coefficient (Wildman–Crippen LogP) is -0.356. The van der Waals surface area contributed by atoms with Crippen molar-refractivity contribution >= 4 is 22.1 Å². The SMILES string of the molecule is CN(C)S(=O)(=O)N1CCN(C(=O)[C@H]2CCCN(c3ncccn3)C2)CC1. The lowest BCUT2D eigenvalue weighted by Crippen LogP contribution is -2.55. The van der Waals surface area contributed by atoms with Crippen molar-refractivity contribution in [3.63, 3.8) is 0 Å². The molecule has 2 aliphatic heterocycles. The first kappa shape index (κ1) is 19.0. The molecule has 2 aliphatic rings. The zero-order valence-corrected chi connectivity index (χ0v) is 16.1. The van der Waals surface area contributed by atoms with Gasteiger partial charge in [-0.25, -0.2) is 9.97 Å². The Hall–Kier alpha value is -1.78. The van der Waals surface area contributed by atoms with Crippen molar-refractivity contribution in [1.29, 1.82) is 0 Å². The largest absolute Gasteiger partial charge is 0.340 e. The summed E-state index contributed by atoms with van der Waals surface area (Å²) >= 11 is 0. The van der Waals surface area contributed by atoms with Gasteiger partial charge in [0.1, 0.15) is 0 Å². The van der Waals surface area contributed by atoms with Crippen molar-refractivity contribution in [2.75, 3.05) is 58.3 Å². The quantitative estimate of drug-likeness (QED) is 0.707. The lowest BCUT2D eigenvalue weighted by atomic mass is 9.96. The van der Waals surface area contributed by atoms with E-state index in [9.17, 15) is 13.2 Å². The predicted molar refractivity (Wildman–Crippen MR) is 97.7 cm³/mol. The first-order chi connectivity index (χ1) is 12.4. The lowest BCUT2D eigenvalue weighted by Gasteiger charge is -2.39. The maximum Gasteiger partial charge on any atom is 0.281 e. The van der Waals surface area contributed by atoms with Crippen molar-refractivity contribution < 1.29 is 13.2 Å². The van der Waals surface area contributed by atoms with Crippen molar-refractivity contribution in [3.05, 3.63) is 18.5 Å². The Kier molecular flexibility index (Phi) is 5.73. The van der Waals surface area contributed by atoms with Gasteiger partial charge in [-0.3, -0.25) is 4.79 Å². The molecule has 0 radical (unpaired) electrons. The van der Waals surface area contributed by atoms with E-state index >= 15 is 0 Å². The van der Waals surface area contributed by atoms with Crippen LogP contribution in [0.1, 0.15) is 12.8 Å². The van der Waals surface area contributed by atoms with E-state index in [2.05, 4.69) is 14.9 Å². The highest BCUT2D eigenvalue weighted by atomic mass is 32.2. The number of anilines is 1. The molecule has 10 heteroatoms. The average Bonchev–Trinajstić information content (AvgIpc) is 2.68. The van der Waals surface area contributed by atoms with E-state index in [1.807, 2.05) is 0 Å². The lowest BCUT2D eigenvalue weighted by molar-refractivity contribution is -0.137. The van der Waals surface area contributed by atoms with Gasteiger partial charge >= 0.3 is 0 Å². The molecule has 1 amide bonds. The van der Waals surface area contributed by atoms with Gasteiger partial charge < -0.3 is 9.80 Å². The normalized spacial score (nSPS) is 22.7. The molecule has 1 aromatic heterocycles. The van der Waals surface area contributed by atoms with Crippen LogP contribution in [0.2, 0.25) is 0 Å². The topological polar surface area (TPSA) is 90.0 Å². The Morgan fingerprint density at radius 1 is 1.12 bits per heavy atom. The molecule has 1 atom stereocenters. The number of aromatic nitrogens is 2. The fourth-order valence-corrected chi connectivity index (χ4v) is 4.53. The highest BCUT2D eigenvalue weighted by Crippen LogP contribution is 2.22. The summed E-state index contributed by atoms with van der Waals surface area (Å²) in [6.45, 7) is 3.01. The van der Waals surface area contributed by atoms with E-state index in [0.29, 0.717) is 38.7 Å². The van der Waals surface area contributed by atoms with Crippen LogP contribution in [0, 0.1) is 5.92 Å². The Labute approximate surface area is 154 Å². The van der Waals surface area contributed by atoms with Crippen LogP contribution in [0.3, 0.4) is 0 Å². The standard InChI is InChI=1S/C16H26N6O3S/c1-19(2)26(24,25)22-11-9-20(10-12-22)15(23)14-5-3-8-21(13-14)16-17-6-4-7-18-16/h4,6-7,14H,3,5,8-13H2,1-2H3/t14-/m0/s1. The zero-order chi connectivity index (χ0) is 18.7. The van der Waals surface area contributed by atoms with E-state index in [-0.39, 0.29) is 11.8 Å². The molecule has 26 heavy (non-hydrogen) atoms. The molecule has 144 valence electrons. The number of rotatable bonds is 4. The third kappa shape index (κ3) is 3.97. The van der Waals surface area contributed by atoms with Crippen molar-refractivity contribution in [2.24, 2.45) is 5.92 Å². The summed E-state index contributed by atoms with van der Waals surface area (Å²) < 4.78 is 27.0. The summed E-state index contributed by atoms with van der Waals surface area (Å²) in [6, 6.07) is 1.78. The number of hydrogen-bond acceptors (Lipinski definition) is 6. The number of carbonyl (C=O) groups excluding carboxylic acids is 1. The fourth-order valence-electron chi connectivity index (χ4n) is 3.44. The van der Waals surface area contributed by atoms with Gasteiger partial charge in [-0.2, -0.15) is 17.0 Å². The maximum atomic E-state index is 12.9. The molecule has 9 nitrogen and oxygen atoms in total. The molecule has 0 saturated carbocycles. The minimum Gasteiger partial charge on any atom is -0.340 e. The number of amides is 1. The van der Waals surface area contributed by atoms with Gasteiger partial charge in [0.25, 0.3) is 10.2 Å². The van der Waals surface area contributed by atoms with Crippen LogP contribution >= 0.6 is 0 Å². The molecule has 3 rings (SSSR count). The molecule has 0 bridgehead atoms. The Bertz CT molecular complexity index is 719. The molecular weight excluding hydrogens is 356 g/mol. The molecule has 0 aromatic carbocycles. The van der Waals surface area contributed by atoms with Gasteiger partial charge in [0.15, 0.2) is 0 Å². The highest BCUT2D eigenvalue weighted by Gasteiger charge is 2.34. The monoisotopic (exact) mass is 382 g/mol. The molecule has 1 aromatic rings. The number of piperidine rings is 1. The van der Waals surface area contributed by atoms with Crippen LogP contribution in [-0.4, -0.2) is 91.2 Å². The van der Waals surface area contributed by atoms with Crippen LogP contribution in [0.25, 0.3) is 0 Å². The molecule has 3 heterocycles. The summed E-state index contributed by atoms with van der Waals surface area (Å²) in [5.74, 6) is 0.670. The highest BCUT2D eigenvalue weighted by molar-refractivity contribution is 7.86. The molecule has 2 saturated heterocycles. The second-order valence-corrected chi connectivity index (χ2v) is 8.99. The first-order valence-corrected chi connectivity index (χ1v) is 10.3. The van der Waals surface area contributed by atoms with Gasteiger partial charge in [-0.15, -0.1) is 0 Å². The van der Waals surface area contributed by atoms with E-state index in [0.717, 1.165) is 19.4 Å². The van der Waals surface area contributed by atoms with Gasteiger partial charge in [0.05, 0.1) is 5.92 Å². The molecule has 0 N–H and O–H groups in total. The third-order valence-electron chi connectivity index (χ3n) is 4.94. The van der Waals surface area contributed by atoms with Gasteiger partial charge in [0, 0.05) is 65.8 Å². The van der Waals surface area contributed by atoms with E-state index in [4.69, 9.17) is 0 Å². The van der Waals surface area contributed by atoms with Crippen LogP contribution < -0.4 is 4.90 Å². The van der Waals surface area contributed by atoms with Gasteiger partial charge in [0.2, 0.25) is 11.9 Å². The van der Waals surface area contributed by atoms with Crippen molar-refractivity contribution in [2.45, 2.75) is 12.8 Å². The van der Waals surface area contributed by atoms with Crippen LogP contribution in [0.15, 0.2) is 18.5 Å². The Morgan fingerprint density at radius 3 is 2.38 bits per heavy atom. The van der Waals surface area contributed by atoms with Crippen LogP contribution in [0.5, 0.6) is 0 Å². The molecule has 0 aliphatic carbocycles. The van der Waals surface area contributed by atoms with Crippen molar-refractivity contribution in [3.8, 4) is 0 Å². The van der Waals surface area contributed by atoms with E-state index in [1.165, 1.54) is 22.7 Å². The molecule has 2 fully saturated rings. The second-order valence-electron chi connectivity index (χ2n) is 6.85. The summed E-state index contributed by atoms with van der Waals surface area (Å²) in [5, 5.41) is 0. The number of carbonyl (C=O) groups is 1. The number of piperazine rings is 1. The van der Waals surface area contributed by atoms with Gasteiger partial charge in [-0.05, 0) is 18.9 Å². The summed E-state index contributed by atoms with van der Waals surface area (Å²) in [7, 11) is -0.369. The smallest absolute Gasteiger partial charge is 0.281 e. The first-order valence-electron chi connectivity index (χ1n) is 8.88. The molecular formula is C16H26N6O3S. The number of hydrogen-bond donors (Lipinski definition) is 0. The van der Waals surface area contributed by atoms with Crippen molar-refractivity contribution in [1.82, 2.24) is 23.5 Å². The summed E-state index contributed by atoms with van der Waals surface area (Å²) in [4.78, 5) is 25.3. The minimum absolute atomic E-state index is 0.0930. The third-order valence-corrected chi connectivity index (χ3v) is 6.88. The summed E-state index contributed by atoms with van der Waals surface area (Å²) in [5.41, 5.74) is 0. The summed E-state index contributed by atoms with van der Waals surface area (Å²) in [6.07, 6.45) is 5.18. The van der Waals surface area contributed by atoms with Crippen LogP contribution in [0.4, 0.5) is 5.95 Å².